The Bertz CT molecular complexity index is 445. The monoisotopic (exact) mass is 291 g/mol. The summed E-state index contributed by atoms with van der Waals surface area (Å²) in [7, 11) is 3.98. The Balaban J connectivity index is 2.77. The summed E-state index contributed by atoms with van der Waals surface area (Å²) in [5.74, 6) is 0.999. The van der Waals surface area contributed by atoms with E-state index in [2.05, 4.69) is 71.7 Å². The number of hydrogen-bond donors (Lipinski definition) is 0. The number of nitrogens with zero attached hydrogens (tertiary/aromatic N) is 1. The summed E-state index contributed by atoms with van der Waals surface area (Å²) in [6, 6.07) is 8.95. The minimum atomic E-state index is 0.125. The molecule has 0 aliphatic rings. The van der Waals surface area contributed by atoms with Crippen LogP contribution in [0.3, 0.4) is 0 Å². The lowest BCUT2D eigenvalue weighted by molar-refractivity contribution is 0.115. The van der Waals surface area contributed by atoms with Gasteiger partial charge in [-0.1, -0.05) is 32.0 Å². The molecule has 0 aromatic heterocycles. The highest BCUT2D eigenvalue weighted by Gasteiger charge is 2.27. The largest absolute Gasteiger partial charge is 0.496 e. The van der Waals surface area contributed by atoms with Gasteiger partial charge >= 0.3 is 0 Å². The normalized spacial score (nSPS) is 14.3. The molecular formula is C19H33NO. The van der Waals surface area contributed by atoms with Crippen LogP contribution in [0.5, 0.6) is 5.75 Å². The van der Waals surface area contributed by atoms with Gasteiger partial charge < -0.3 is 4.74 Å². The molecule has 0 spiro atoms. The zero-order valence-corrected chi connectivity index (χ0v) is 15.2. The predicted molar refractivity (Wildman–Crippen MR) is 92.2 cm³/mol. The molecule has 0 N–H and O–H groups in total. The zero-order chi connectivity index (χ0) is 16.3. The Labute approximate surface area is 131 Å². The lowest BCUT2D eigenvalue weighted by atomic mass is 9.79. The summed E-state index contributed by atoms with van der Waals surface area (Å²) in [6.45, 7) is 13.8. The maximum Gasteiger partial charge on any atom is 0.122 e. The highest BCUT2D eigenvalue weighted by Crippen LogP contribution is 2.35. The van der Waals surface area contributed by atoms with Gasteiger partial charge in [0.1, 0.15) is 5.75 Å². The first-order chi connectivity index (χ1) is 9.59. The molecule has 120 valence electrons. The molecule has 21 heavy (non-hydrogen) atoms. The third kappa shape index (κ3) is 4.74. The van der Waals surface area contributed by atoms with Gasteiger partial charge in [-0.2, -0.15) is 0 Å². The molecule has 2 heteroatoms. The number of methoxy groups -OCH3 is 1. The van der Waals surface area contributed by atoms with Crippen LogP contribution in [0.4, 0.5) is 0 Å². The van der Waals surface area contributed by atoms with Crippen molar-refractivity contribution in [2.45, 2.75) is 71.4 Å². The molecule has 1 rings (SSSR count). The molecule has 0 heterocycles. The highest BCUT2D eigenvalue weighted by atomic mass is 16.5. The quantitative estimate of drug-likeness (QED) is 0.741. The number of rotatable bonds is 6. The molecule has 0 saturated carbocycles. The second-order valence-corrected chi connectivity index (χ2v) is 7.75. The fraction of sp³-hybridized carbons (Fsp3) is 0.684. The number of para-hydroxylation sites is 1. The van der Waals surface area contributed by atoms with Gasteiger partial charge in [-0.25, -0.2) is 0 Å². The van der Waals surface area contributed by atoms with E-state index < -0.39 is 0 Å². The van der Waals surface area contributed by atoms with Gasteiger partial charge in [0.2, 0.25) is 0 Å². The van der Waals surface area contributed by atoms with Crippen LogP contribution in [-0.2, 0) is 5.41 Å². The van der Waals surface area contributed by atoms with Crippen LogP contribution in [0.15, 0.2) is 24.3 Å². The van der Waals surface area contributed by atoms with Crippen molar-refractivity contribution in [1.29, 1.82) is 0 Å². The predicted octanol–water partition coefficient (Wildman–Crippen LogP) is 4.87. The van der Waals surface area contributed by atoms with E-state index in [-0.39, 0.29) is 11.0 Å². The first-order valence-electron chi connectivity index (χ1n) is 7.96. The van der Waals surface area contributed by atoms with Crippen LogP contribution >= 0.6 is 0 Å². The highest BCUT2D eigenvalue weighted by molar-refractivity contribution is 5.38. The lowest BCUT2D eigenvalue weighted by Gasteiger charge is -2.38. The van der Waals surface area contributed by atoms with Crippen molar-refractivity contribution in [3.05, 3.63) is 29.8 Å². The summed E-state index contributed by atoms with van der Waals surface area (Å²) < 4.78 is 5.53. The van der Waals surface area contributed by atoms with Crippen LogP contribution in [0, 0.1) is 0 Å². The Morgan fingerprint density at radius 3 is 2.19 bits per heavy atom. The minimum Gasteiger partial charge on any atom is -0.496 e. The molecule has 1 atom stereocenters. The van der Waals surface area contributed by atoms with Crippen molar-refractivity contribution in [1.82, 2.24) is 4.90 Å². The SMILES string of the molecule is COc1ccccc1C(C)(C)CC[C@H](C)N(C)C(C)(C)C. The summed E-state index contributed by atoms with van der Waals surface area (Å²) in [6.07, 6.45) is 2.33. The Kier molecular flexibility index (Phi) is 5.86. The van der Waals surface area contributed by atoms with Crippen molar-refractivity contribution in [2.75, 3.05) is 14.2 Å². The van der Waals surface area contributed by atoms with Crippen LogP contribution < -0.4 is 4.74 Å². The van der Waals surface area contributed by atoms with E-state index in [1.165, 1.54) is 12.0 Å². The van der Waals surface area contributed by atoms with Crippen molar-refractivity contribution in [3.8, 4) is 5.75 Å². The van der Waals surface area contributed by atoms with E-state index in [0.29, 0.717) is 6.04 Å². The lowest BCUT2D eigenvalue weighted by Crippen LogP contribution is -2.44. The molecule has 0 bridgehead atoms. The Hall–Kier alpha value is -1.02. The maximum atomic E-state index is 5.53. The first-order valence-corrected chi connectivity index (χ1v) is 7.96. The van der Waals surface area contributed by atoms with Gasteiger partial charge in [0.25, 0.3) is 0 Å². The molecule has 1 aromatic rings. The Morgan fingerprint density at radius 2 is 1.67 bits per heavy atom. The topological polar surface area (TPSA) is 12.5 Å². The average molecular weight is 291 g/mol. The maximum absolute atomic E-state index is 5.53. The molecule has 0 aliphatic carbocycles. The van der Waals surface area contributed by atoms with Crippen molar-refractivity contribution < 1.29 is 4.74 Å². The van der Waals surface area contributed by atoms with E-state index in [1.807, 2.05) is 6.07 Å². The van der Waals surface area contributed by atoms with E-state index in [9.17, 15) is 0 Å². The fourth-order valence-corrected chi connectivity index (χ4v) is 2.76. The summed E-state index contributed by atoms with van der Waals surface area (Å²) in [4.78, 5) is 2.46. The van der Waals surface area contributed by atoms with Gasteiger partial charge in [-0.05, 0) is 64.6 Å². The summed E-state index contributed by atoms with van der Waals surface area (Å²) in [5.41, 5.74) is 1.64. The second-order valence-electron chi connectivity index (χ2n) is 7.75. The molecule has 0 aliphatic heterocycles. The molecule has 1 aromatic carbocycles. The van der Waals surface area contributed by atoms with E-state index in [1.54, 1.807) is 7.11 Å². The van der Waals surface area contributed by atoms with Crippen LogP contribution in [0.2, 0.25) is 0 Å². The van der Waals surface area contributed by atoms with Crippen LogP contribution in [-0.4, -0.2) is 30.6 Å². The van der Waals surface area contributed by atoms with Gasteiger partial charge in [-0.15, -0.1) is 0 Å². The molecule has 0 fully saturated rings. The summed E-state index contributed by atoms with van der Waals surface area (Å²) in [5, 5.41) is 0. The van der Waals surface area contributed by atoms with E-state index in [0.717, 1.165) is 12.2 Å². The van der Waals surface area contributed by atoms with E-state index in [4.69, 9.17) is 4.74 Å². The standard InChI is InChI=1S/C19H33NO/c1-15(20(7)18(2,3)4)13-14-19(5,6)16-11-9-10-12-17(16)21-8/h9-12,15H,13-14H2,1-8H3/t15-/m0/s1. The van der Waals surface area contributed by atoms with Crippen LogP contribution in [0.25, 0.3) is 0 Å². The molecular weight excluding hydrogens is 258 g/mol. The van der Waals surface area contributed by atoms with E-state index >= 15 is 0 Å². The zero-order valence-electron chi connectivity index (χ0n) is 15.2. The fourth-order valence-electron chi connectivity index (χ4n) is 2.76. The Morgan fingerprint density at radius 1 is 1.10 bits per heavy atom. The molecule has 0 radical (unpaired) electrons. The first kappa shape index (κ1) is 18.0. The van der Waals surface area contributed by atoms with Crippen molar-refractivity contribution in [3.63, 3.8) is 0 Å². The summed E-state index contributed by atoms with van der Waals surface area (Å²) >= 11 is 0. The molecule has 0 saturated heterocycles. The third-order valence-electron chi connectivity index (χ3n) is 4.74. The minimum absolute atomic E-state index is 0.125. The van der Waals surface area contributed by atoms with Gasteiger partial charge in [0, 0.05) is 11.6 Å². The molecule has 2 nitrogen and oxygen atoms in total. The number of benzene rings is 1. The van der Waals surface area contributed by atoms with Gasteiger partial charge in [-0.3, -0.25) is 4.90 Å². The van der Waals surface area contributed by atoms with Crippen molar-refractivity contribution >= 4 is 0 Å². The van der Waals surface area contributed by atoms with Crippen LogP contribution in [0.1, 0.15) is 59.9 Å². The van der Waals surface area contributed by atoms with Crippen molar-refractivity contribution in [2.24, 2.45) is 0 Å². The number of hydrogen-bond acceptors (Lipinski definition) is 2. The average Bonchev–Trinajstić information content (AvgIpc) is 2.43. The van der Waals surface area contributed by atoms with Gasteiger partial charge in [0.15, 0.2) is 0 Å². The third-order valence-corrected chi connectivity index (χ3v) is 4.74. The molecule has 0 unspecified atom stereocenters. The molecule has 0 amide bonds. The second kappa shape index (κ2) is 6.83. The smallest absolute Gasteiger partial charge is 0.122 e. The van der Waals surface area contributed by atoms with Gasteiger partial charge in [0.05, 0.1) is 7.11 Å². The number of ether oxygens (including phenoxy) is 1.